The van der Waals surface area contributed by atoms with Crippen LogP contribution in [0.4, 0.5) is 0 Å². The third-order valence-electron chi connectivity index (χ3n) is 9.85. The molecular weight excluding hydrogens is 387 g/mol. The highest BCUT2D eigenvalue weighted by Gasteiger charge is 2.41. The molecule has 0 aromatic rings. The molecule has 0 saturated carbocycles. The van der Waals surface area contributed by atoms with Crippen molar-refractivity contribution in [1.82, 2.24) is 0 Å². The Morgan fingerprint density at radius 1 is 0.387 bits per heavy atom. The highest BCUT2D eigenvalue weighted by Crippen LogP contribution is 2.48. The molecule has 0 saturated heterocycles. The average molecular weight is 451 g/mol. The molecule has 0 atom stereocenters. The lowest BCUT2D eigenvalue weighted by Crippen LogP contribution is -2.37. The van der Waals surface area contributed by atoms with E-state index in [2.05, 4.69) is 62.3 Å². The van der Waals surface area contributed by atoms with Crippen molar-refractivity contribution in [3.05, 3.63) is 0 Å². The molecule has 0 aromatic carbocycles. The van der Waals surface area contributed by atoms with Crippen molar-refractivity contribution in [2.24, 2.45) is 16.2 Å². The van der Waals surface area contributed by atoms with E-state index in [0.29, 0.717) is 16.2 Å². The number of hydrogen-bond acceptors (Lipinski definition) is 0. The molecule has 0 heterocycles. The zero-order chi connectivity index (χ0) is 23.8. The Balaban J connectivity index is 5.96. The Morgan fingerprint density at radius 2 is 0.613 bits per heavy atom. The third-order valence-corrected chi connectivity index (χ3v) is 14.2. The summed E-state index contributed by atoms with van der Waals surface area (Å²) >= 11 is -0.843. The predicted molar refractivity (Wildman–Crippen MR) is 148 cm³/mol. The highest BCUT2D eigenvalue weighted by molar-refractivity contribution is 6.59. The van der Waals surface area contributed by atoms with Gasteiger partial charge < -0.3 is 0 Å². The van der Waals surface area contributed by atoms with Crippen LogP contribution >= 0.6 is 0 Å². The van der Waals surface area contributed by atoms with E-state index < -0.39 is 14.1 Å². The molecule has 31 heavy (non-hydrogen) atoms. The van der Waals surface area contributed by atoms with Crippen LogP contribution in [0.5, 0.6) is 0 Å². The summed E-state index contributed by atoms with van der Waals surface area (Å²) in [7, 11) is 0. The van der Waals surface area contributed by atoms with Gasteiger partial charge in [-0.1, -0.05) is 155 Å². The van der Waals surface area contributed by atoms with E-state index >= 15 is 0 Å². The summed E-state index contributed by atoms with van der Waals surface area (Å²) in [6.45, 7) is 22.2. The summed E-state index contributed by atoms with van der Waals surface area (Å²) in [5.74, 6) is 0. The zero-order valence-corrected chi connectivity index (χ0v) is 25.0. The monoisotopic (exact) mass is 450 g/mol. The van der Waals surface area contributed by atoms with Crippen molar-refractivity contribution >= 4 is 14.1 Å². The van der Waals surface area contributed by atoms with Gasteiger partial charge in [0.2, 0.25) is 0 Å². The summed E-state index contributed by atoms with van der Waals surface area (Å²) in [6.07, 6.45) is 21.3. The van der Waals surface area contributed by atoms with Gasteiger partial charge in [-0.25, -0.2) is 0 Å². The Morgan fingerprint density at radius 3 is 0.774 bits per heavy atom. The van der Waals surface area contributed by atoms with Crippen LogP contribution < -0.4 is 0 Å². The van der Waals surface area contributed by atoms with E-state index in [1.165, 1.54) is 96.3 Å². The van der Waals surface area contributed by atoms with E-state index in [-0.39, 0.29) is 0 Å². The second-order valence-electron chi connectivity index (χ2n) is 11.4. The summed E-state index contributed by atoms with van der Waals surface area (Å²) in [4.78, 5) is 0. The predicted octanol–water partition coefficient (Wildman–Crippen LogP) is 11.5. The minimum absolute atomic E-state index is 0.642. The smallest absolute Gasteiger partial charge is 0.0882 e. The first-order chi connectivity index (χ1) is 14.8. The van der Waals surface area contributed by atoms with Crippen LogP contribution in [0.25, 0.3) is 0 Å². The fourth-order valence-corrected chi connectivity index (χ4v) is 13.1. The molecule has 0 unspecified atom stereocenters. The van der Waals surface area contributed by atoms with Crippen molar-refractivity contribution in [2.75, 3.05) is 0 Å². The van der Waals surface area contributed by atoms with Gasteiger partial charge in [0, 0.05) is 0 Å². The first-order valence-electron chi connectivity index (χ1n) is 14.8. The molecule has 0 aliphatic carbocycles. The van der Waals surface area contributed by atoms with Crippen LogP contribution in [0.1, 0.15) is 159 Å². The zero-order valence-electron chi connectivity index (χ0n) is 23.8. The molecule has 0 amide bonds. The second kappa shape index (κ2) is 17.0. The Bertz CT molecular complexity index is 339. The maximum absolute atomic E-state index is 2.51. The number of rotatable bonds is 21. The molecule has 0 nitrogen and oxygen atoms in total. The fraction of sp³-hybridized carbons (Fsp3) is 1.00. The highest BCUT2D eigenvalue weighted by atomic mass is 27.2. The fourth-order valence-electron chi connectivity index (χ4n) is 6.69. The molecule has 0 bridgehead atoms. The van der Waals surface area contributed by atoms with Crippen LogP contribution in [0.2, 0.25) is 15.8 Å². The van der Waals surface area contributed by atoms with Crippen LogP contribution in [0.3, 0.4) is 0 Å². The molecule has 0 aliphatic heterocycles. The maximum Gasteiger partial charge on any atom is 0.263 e. The lowest BCUT2D eigenvalue weighted by Gasteiger charge is -2.43. The van der Waals surface area contributed by atoms with E-state index in [1.807, 2.05) is 0 Å². The average Bonchev–Trinajstić information content (AvgIpc) is 2.82. The van der Waals surface area contributed by atoms with Crippen LogP contribution in [-0.2, 0) is 0 Å². The van der Waals surface area contributed by atoms with Gasteiger partial charge in [0.1, 0.15) is 0 Å². The van der Waals surface area contributed by atoms with Gasteiger partial charge in [-0.2, -0.15) is 0 Å². The molecule has 0 aromatic heterocycles. The Labute approximate surface area is 204 Å². The molecule has 1 heteroatoms. The van der Waals surface area contributed by atoms with Crippen molar-refractivity contribution in [3.63, 3.8) is 0 Å². The summed E-state index contributed by atoms with van der Waals surface area (Å²) in [5, 5.41) is 4.88. The normalized spacial score (nSPS) is 13.1. The van der Waals surface area contributed by atoms with E-state index in [1.54, 1.807) is 15.8 Å². The van der Waals surface area contributed by atoms with Crippen LogP contribution in [0.15, 0.2) is 0 Å². The molecule has 0 spiro atoms. The van der Waals surface area contributed by atoms with Gasteiger partial charge in [-0.3, -0.25) is 0 Å². The van der Waals surface area contributed by atoms with Gasteiger partial charge >= 0.3 is 0 Å². The van der Waals surface area contributed by atoms with Gasteiger partial charge in [0.25, 0.3) is 14.1 Å². The summed E-state index contributed by atoms with van der Waals surface area (Å²) < 4.78 is 0. The molecule has 0 radical (unpaired) electrons. The van der Waals surface area contributed by atoms with Gasteiger partial charge in [0.05, 0.1) is 0 Å². The van der Waals surface area contributed by atoms with Crippen molar-refractivity contribution in [3.8, 4) is 0 Å². The van der Waals surface area contributed by atoms with Crippen molar-refractivity contribution < 1.29 is 0 Å². The Hall–Kier alpha value is 0.532. The van der Waals surface area contributed by atoms with Gasteiger partial charge in [-0.05, 0) is 35.5 Å². The molecule has 0 rings (SSSR count). The number of unbranched alkanes of at least 4 members (excludes halogenated alkanes) is 3. The van der Waals surface area contributed by atoms with Crippen LogP contribution in [0, 0.1) is 16.2 Å². The quantitative estimate of drug-likeness (QED) is 0.152. The van der Waals surface area contributed by atoms with E-state index in [9.17, 15) is 0 Å². The lowest BCUT2D eigenvalue weighted by atomic mass is 9.79. The summed E-state index contributed by atoms with van der Waals surface area (Å²) in [6, 6.07) is 0. The minimum atomic E-state index is -0.843. The minimum Gasteiger partial charge on any atom is -0.0882 e. The topological polar surface area (TPSA) is 0 Å². The van der Waals surface area contributed by atoms with Gasteiger partial charge in [-0.15, -0.1) is 0 Å². The van der Waals surface area contributed by atoms with E-state index in [0.717, 1.165) is 0 Å². The first-order valence-corrected chi connectivity index (χ1v) is 17.3. The third kappa shape index (κ3) is 10.6. The molecule has 0 N–H and O–H groups in total. The molecule has 0 fully saturated rings. The van der Waals surface area contributed by atoms with E-state index in [4.69, 9.17) is 0 Å². The largest absolute Gasteiger partial charge is 0.263 e. The molecular formula is C30H63Al. The maximum atomic E-state index is 2.51. The number of hydrogen-bond donors (Lipinski definition) is 0. The van der Waals surface area contributed by atoms with Crippen molar-refractivity contribution in [1.29, 1.82) is 0 Å². The Kier molecular flexibility index (Phi) is 17.3. The molecule has 186 valence electrons. The lowest BCUT2D eigenvalue weighted by molar-refractivity contribution is 0.232. The van der Waals surface area contributed by atoms with Gasteiger partial charge in [0.15, 0.2) is 0 Å². The summed E-state index contributed by atoms with van der Waals surface area (Å²) in [5.41, 5.74) is 1.93. The second-order valence-corrected chi connectivity index (χ2v) is 14.4. The molecule has 0 aliphatic rings. The first kappa shape index (κ1) is 31.5. The van der Waals surface area contributed by atoms with Crippen molar-refractivity contribution in [2.45, 2.75) is 174 Å². The van der Waals surface area contributed by atoms with Crippen LogP contribution in [-0.4, -0.2) is 14.1 Å². The SMILES string of the molecule is CCCCC(CC)(CC)[CH2][Al]([CH2]C(CC)(CC)CCCC)[CH2]C(CC)(CC)CCCC. The standard InChI is InChI=1S/3C10H21.Al/c3*1-5-8-9-10(4,6-2)7-3;/h3*4-9H2,1-3H3;.